The molecule has 0 saturated heterocycles. The Morgan fingerprint density at radius 1 is 1.03 bits per heavy atom. The summed E-state index contributed by atoms with van der Waals surface area (Å²) in [6.45, 7) is 0. The lowest BCUT2D eigenvalue weighted by Crippen LogP contribution is -2.44. The number of carbonyl (C=O) groups excluding carboxylic acids is 1. The van der Waals surface area contributed by atoms with Crippen molar-refractivity contribution in [3.05, 3.63) is 82.7 Å². The molecule has 0 aliphatic heterocycles. The van der Waals surface area contributed by atoms with Crippen molar-refractivity contribution in [2.24, 2.45) is 0 Å². The molecule has 1 N–H and O–H groups in total. The van der Waals surface area contributed by atoms with E-state index in [0.29, 0.717) is 0 Å². The van der Waals surface area contributed by atoms with Gasteiger partial charge in [0, 0.05) is 30.1 Å². The third kappa shape index (κ3) is 3.95. The SMILES string of the molecule is O=C(NC1CCC(n2nc(-c3cccnc3)ccc2=O)CC1)C1(c2ccc(F)cc2)CC1. The first kappa shape index (κ1) is 20.5. The van der Waals surface area contributed by atoms with Crippen LogP contribution >= 0.6 is 0 Å². The fraction of sp³-hybridized carbons (Fsp3) is 0.360. The maximum absolute atomic E-state index is 13.3. The summed E-state index contributed by atoms with van der Waals surface area (Å²) < 4.78 is 14.8. The summed E-state index contributed by atoms with van der Waals surface area (Å²) >= 11 is 0. The summed E-state index contributed by atoms with van der Waals surface area (Å²) in [6, 6.07) is 13.4. The summed E-state index contributed by atoms with van der Waals surface area (Å²) in [5.41, 5.74) is 1.86. The second-order valence-electron chi connectivity index (χ2n) is 8.81. The molecule has 2 fully saturated rings. The fourth-order valence-corrected chi connectivity index (χ4v) is 4.68. The smallest absolute Gasteiger partial charge is 0.267 e. The van der Waals surface area contributed by atoms with Crippen LogP contribution in [0.15, 0.2) is 65.7 Å². The topological polar surface area (TPSA) is 76.9 Å². The number of hydrogen-bond acceptors (Lipinski definition) is 4. The number of rotatable bonds is 5. The number of pyridine rings is 1. The molecular formula is C25H25FN4O2. The summed E-state index contributed by atoms with van der Waals surface area (Å²) in [7, 11) is 0. The van der Waals surface area contributed by atoms with Crippen molar-refractivity contribution in [1.82, 2.24) is 20.1 Å². The lowest BCUT2D eigenvalue weighted by Gasteiger charge is -2.31. The van der Waals surface area contributed by atoms with Crippen LogP contribution in [0.25, 0.3) is 11.3 Å². The molecule has 0 unspecified atom stereocenters. The molecule has 2 aromatic heterocycles. The van der Waals surface area contributed by atoms with E-state index in [-0.39, 0.29) is 29.4 Å². The largest absolute Gasteiger partial charge is 0.353 e. The first-order valence-electron chi connectivity index (χ1n) is 11.1. The minimum Gasteiger partial charge on any atom is -0.353 e. The number of halogens is 1. The highest BCUT2D eigenvalue weighted by molar-refractivity contribution is 5.91. The molecule has 1 amide bonds. The average molecular weight is 432 g/mol. The summed E-state index contributed by atoms with van der Waals surface area (Å²) in [6.07, 6.45) is 8.16. The zero-order chi connectivity index (χ0) is 22.1. The minimum atomic E-state index is -0.513. The monoisotopic (exact) mass is 432 g/mol. The molecule has 0 spiro atoms. The van der Waals surface area contributed by atoms with Crippen LogP contribution in [-0.2, 0) is 10.2 Å². The van der Waals surface area contributed by atoms with E-state index in [4.69, 9.17) is 0 Å². The van der Waals surface area contributed by atoms with Gasteiger partial charge in [0.2, 0.25) is 5.91 Å². The Balaban J connectivity index is 1.24. The Labute approximate surface area is 185 Å². The molecular weight excluding hydrogens is 407 g/mol. The Morgan fingerprint density at radius 3 is 2.44 bits per heavy atom. The van der Waals surface area contributed by atoms with Crippen LogP contribution < -0.4 is 10.9 Å². The van der Waals surface area contributed by atoms with E-state index in [1.54, 1.807) is 41.3 Å². The van der Waals surface area contributed by atoms with Crippen molar-refractivity contribution in [1.29, 1.82) is 0 Å². The number of nitrogens with one attached hydrogen (secondary N) is 1. The van der Waals surface area contributed by atoms with Crippen LogP contribution in [0, 0.1) is 5.82 Å². The van der Waals surface area contributed by atoms with Gasteiger partial charge in [-0.05, 0) is 74.4 Å². The van der Waals surface area contributed by atoms with E-state index in [1.165, 1.54) is 12.1 Å². The van der Waals surface area contributed by atoms with Crippen molar-refractivity contribution < 1.29 is 9.18 Å². The van der Waals surface area contributed by atoms with Gasteiger partial charge in [-0.15, -0.1) is 0 Å². The maximum Gasteiger partial charge on any atom is 0.267 e. The van der Waals surface area contributed by atoms with E-state index in [1.807, 2.05) is 12.1 Å². The lowest BCUT2D eigenvalue weighted by atomic mass is 9.89. The van der Waals surface area contributed by atoms with Gasteiger partial charge in [-0.3, -0.25) is 14.6 Å². The summed E-state index contributed by atoms with van der Waals surface area (Å²) in [5.74, 6) is -0.263. The van der Waals surface area contributed by atoms with Gasteiger partial charge in [-0.1, -0.05) is 12.1 Å². The maximum atomic E-state index is 13.3. The molecule has 7 heteroatoms. The molecule has 0 radical (unpaired) electrons. The predicted molar refractivity (Wildman–Crippen MR) is 118 cm³/mol. The minimum absolute atomic E-state index is 0.0132. The Bertz CT molecular complexity index is 1160. The zero-order valence-electron chi connectivity index (χ0n) is 17.7. The van der Waals surface area contributed by atoms with E-state index >= 15 is 0 Å². The normalized spacial score (nSPS) is 21.7. The number of amides is 1. The standard InChI is InChI=1S/C25H25FN4O2/c26-19-5-3-18(4-6-19)25(13-14-25)24(32)28-20-7-9-21(10-8-20)30-23(31)12-11-22(29-30)17-2-1-15-27-16-17/h1-6,11-12,15-16,20-21H,7-10,13-14H2,(H,28,32). The van der Waals surface area contributed by atoms with Crippen LogP contribution in [0.2, 0.25) is 0 Å². The number of nitrogens with zero attached hydrogens (tertiary/aromatic N) is 3. The summed E-state index contributed by atoms with van der Waals surface area (Å²) in [4.78, 5) is 29.6. The first-order chi connectivity index (χ1) is 15.5. The number of aromatic nitrogens is 3. The number of benzene rings is 1. The van der Waals surface area contributed by atoms with E-state index in [0.717, 1.165) is 55.3 Å². The average Bonchev–Trinajstić information content (AvgIpc) is 3.63. The van der Waals surface area contributed by atoms with Crippen LogP contribution in [0.4, 0.5) is 4.39 Å². The highest BCUT2D eigenvalue weighted by Crippen LogP contribution is 2.48. The van der Waals surface area contributed by atoms with Gasteiger partial charge in [-0.25, -0.2) is 9.07 Å². The van der Waals surface area contributed by atoms with Gasteiger partial charge in [0.15, 0.2) is 0 Å². The predicted octanol–water partition coefficient (Wildman–Crippen LogP) is 3.78. The van der Waals surface area contributed by atoms with Crippen LogP contribution in [0.3, 0.4) is 0 Å². The molecule has 0 atom stereocenters. The van der Waals surface area contributed by atoms with E-state index < -0.39 is 5.41 Å². The molecule has 164 valence electrons. The first-order valence-corrected chi connectivity index (χ1v) is 11.1. The van der Waals surface area contributed by atoms with Gasteiger partial charge in [0.25, 0.3) is 5.56 Å². The van der Waals surface area contributed by atoms with E-state index in [9.17, 15) is 14.0 Å². The summed E-state index contributed by atoms with van der Waals surface area (Å²) in [5, 5.41) is 7.80. The third-order valence-electron chi connectivity index (χ3n) is 6.74. The van der Waals surface area contributed by atoms with Gasteiger partial charge in [0.05, 0.1) is 17.2 Å². The Morgan fingerprint density at radius 2 is 1.78 bits per heavy atom. The molecule has 2 aliphatic rings. The second-order valence-corrected chi connectivity index (χ2v) is 8.81. The number of carbonyl (C=O) groups is 1. The molecule has 5 rings (SSSR count). The lowest BCUT2D eigenvalue weighted by molar-refractivity contribution is -0.124. The molecule has 2 heterocycles. The molecule has 6 nitrogen and oxygen atoms in total. The molecule has 32 heavy (non-hydrogen) atoms. The third-order valence-corrected chi connectivity index (χ3v) is 6.74. The van der Waals surface area contributed by atoms with Gasteiger partial charge in [0.1, 0.15) is 5.82 Å². The zero-order valence-corrected chi connectivity index (χ0v) is 17.7. The molecule has 1 aromatic carbocycles. The van der Waals surface area contributed by atoms with Gasteiger partial charge >= 0.3 is 0 Å². The Kier molecular flexibility index (Phi) is 5.33. The molecule has 3 aromatic rings. The highest BCUT2D eigenvalue weighted by Gasteiger charge is 2.51. The van der Waals surface area contributed by atoms with Crippen LogP contribution in [0.5, 0.6) is 0 Å². The molecule has 2 saturated carbocycles. The number of hydrogen-bond donors (Lipinski definition) is 1. The van der Waals surface area contributed by atoms with Crippen molar-refractivity contribution in [3.63, 3.8) is 0 Å². The quantitative estimate of drug-likeness (QED) is 0.666. The van der Waals surface area contributed by atoms with Crippen LogP contribution in [0.1, 0.15) is 50.1 Å². The van der Waals surface area contributed by atoms with Gasteiger partial charge < -0.3 is 5.32 Å². The second kappa shape index (κ2) is 8.30. The van der Waals surface area contributed by atoms with Crippen molar-refractivity contribution >= 4 is 5.91 Å². The molecule has 2 aliphatic carbocycles. The highest BCUT2D eigenvalue weighted by atomic mass is 19.1. The fourth-order valence-electron chi connectivity index (χ4n) is 4.68. The van der Waals surface area contributed by atoms with Gasteiger partial charge in [-0.2, -0.15) is 5.10 Å². The van der Waals surface area contributed by atoms with Crippen LogP contribution in [-0.4, -0.2) is 26.7 Å². The van der Waals surface area contributed by atoms with E-state index in [2.05, 4.69) is 15.4 Å². The van der Waals surface area contributed by atoms with Crippen molar-refractivity contribution in [2.45, 2.75) is 56.0 Å². The Hall–Kier alpha value is -3.35. The van der Waals surface area contributed by atoms with Crippen molar-refractivity contribution in [3.8, 4) is 11.3 Å². The molecule has 0 bridgehead atoms. The van der Waals surface area contributed by atoms with Crippen molar-refractivity contribution in [2.75, 3.05) is 0 Å².